The molecule has 2 heterocycles. The molecule has 0 aliphatic carbocycles. The zero-order valence-electron chi connectivity index (χ0n) is 18.1. The van der Waals surface area contributed by atoms with E-state index in [4.69, 9.17) is 9.84 Å². The number of carbonyl (C=O) groups excluding carboxylic acids is 2. The number of thiazole rings is 1. The molecule has 0 saturated heterocycles. The van der Waals surface area contributed by atoms with Crippen LogP contribution in [0.3, 0.4) is 0 Å². The second-order valence-corrected chi connectivity index (χ2v) is 8.62. The predicted molar refractivity (Wildman–Crippen MR) is 121 cm³/mol. The fourth-order valence-electron chi connectivity index (χ4n) is 2.64. The van der Waals surface area contributed by atoms with Crippen molar-refractivity contribution in [3.05, 3.63) is 70.9 Å². The SMILES string of the molecule is CC(C)(C)OC(=O)N(Cc1ccccc1)Cc1ccc(-c2ncc(C=O)s2)nc1.CO. The summed E-state index contributed by atoms with van der Waals surface area (Å²) in [5, 5.41) is 7.69. The van der Waals surface area contributed by atoms with Crippen LogP contribution < -0.4 is 0 Å². The lowest BCUT2D eigenvalue weighted by atomic mass is 10.2. The molecular weight excluding hydrogens is 414 g/mol. The number of aldehydes is 1. The molecule has 8 heteroatoms. The highest BCUT2D eigenvalue weighted by molar-refractivity contribution is 7.16. The Kier molecular flexibility index (Phi) is 8.84. The third-order valence-corrected chi connectivity index (χ3v) is 4.87. The van der Waals surface area contributed by atoms with E-state index in [0.29, 0.717) is 28.7 Å². The van der Waals surface area contributed by atoms with E-state index in [1.54, 1.807) is 11.1 Å². The van der Waals surface area contributed by atoms with Crippen LogP contribution in [-0.2, 0) is 17.8 Å². The van der Waals surface area contributed by atoms with Gasteiger partial charge in [0.25, 0.3) is 0 Å². The van der Waals surface area contributed by atoms with Crippen molar-refractivity contribution in [3.63, 3.8) is 0 Å². The molecule has 1 amide bonds. The summed E-state index contributed by atoms with van der Waals surface area (Å²) in [4.78, 5) is 34.4. The molecule has 0 fully saturated rings. The predicted octanol–water partition coefficient (Wildman–Crippen LogP) is 4.56. The van der Waals surface area contributed by atoms with Crippen LogP contribution in [0.2, 0.25) is 0 Å². The molecule has 1 aromatic carbocycles. The Balaban J connectivity index is 0.00000166. The number of hydrogen-bond acceptors (Lipinski definition) is 7. The maximum Gasteiger partial charge on any atom is 0.410 e. The van der Waals surface area contributed by atoms with Crippen molar-refractivity contribution in [1.82, 2.24) is 14.9 Å². The molecule has 1 N–H and O–H groups in total. The maximum absolute atomic E-state index is 12.7. The fourth-order valence-corrected chi connectivity index (χ4v) is 3.35. The zero-order valence-corrected chi connectivity index (χ0v) is 18.9. The van der Waals surface area contributed by atoms with Gasteiger partial charge in [0, 0.05) is 26.0 Å². The van der Waals surface area contributed by atoms with E-state index in [1.165, 1.54) is 17.5 Å². The normalized spacial score (nSPS) is 10.6. The van der Waals surface area contributed by atoms with Crippen LogP contribution >= 0.6 is 11.3 Å². The van der Waals surface area contributed by atoms with E-state index in [2.05, 4.69) is 9.97 Å². The van der Waals surface area contributed by atoms with E-state index in [-0.39, 0.29) is 6.09 Å². The summed E-state index contributed by atoms with van der Waals surface area (Å²) in [7, 11) is 1.00. The Morgan fingerprint density at radius 3 is 2.26 bits per heavy atom. The van der Waals surface area contributed by atoms with E-state index in [9.17, 15) is 9.59 Å². The highest BCUT2D eigenvalue weighted by Gasteiger charge is 2.22. The monoisotopic (exact) mass is 441 g/mol. The Labute approximate surface area is 186 Å². The molecule has 164 valence electrons. The first-order chi connectivity index (χ1) is 14.8. The molecule has 0 spiro atoms. The molecule has 0 aliphatic heterocycles. The van der Waals surface area contributed by atoms with Crippen molar-refractivity contribution in [2.45, 2.75) is 39.5 Å². The van der Waals surface area contributed by atoms with Gasteiger partial charge in [-0.25, -0.2) is 9.78 Å². The third kappa shape index (κ3) is 7.58. The highest BCUT2D eigenvalue weighted by atomic mass is 32.1. The van der Waals surface area contributed by atoms with Crippen LogP contribution in [0.25, 0.3) is 10.7 Å². The molecule has 31 heavy (non-hydrogen) atoms. The van der Waals surface area contributed by atoms with E-state index in [1.807, 2.05) is 63.2 Å². The fraction of sp³-hybridized carbons (Fsp3) is 0.304. The van der Waals surface area contributed by atoms with E-state index < -0.39 is 5.60 Å². The average molecular weight is 442 g/mol. The number of aliphatic hydroxyl groups is 1. The van der Waals surface area contributed by atoms with Crippen LogP contribution in [0.15, 0.2) is 54.9 Å². The Bertz CT molecular complexity index is 966. The Morgan fingerprint density at radius 2 is 1.71 bits per heavy atom. The van der Waals surface area contributed by atoms with Crippen LogP contribution in [0, 0.1) is 0 Å². The van der Waals surface area contributed by atoms with Gasteiger partial charge in [-0.15, -0.1) is 11.3 Å². The number of benzene rings is 1. The van der Waals surface area contributed by atoms with Gasteiger partial charge in [-0.2, -0.15) is 0 Å². The molecule has 3 rings (SSSR count). The topological polar surface area (TPSA) is 92.6 Å². The van der Waals surface area contributed by atoms with E-state index >= 15 is 0 Å². The number of nitrogens with zero attached hydrogens (tertiary/aromatic N) is 3. The minimum Gasteiger partial charge on any atom is -0.444 e. The lowest BCUT2D eigenvalue weighted by molar-refractivity contribution is 0.0216. The first-order valence-electron chi connectivity index (χ1n) is 9.67. The van der Waals surface area contributed by atoms with Crippen molar-refractivity contribution in [2.75, 3.05) is 7.11 Å². The van der Waals surface area contributed by atoms with Crippen molar-refractivity contribution < 1.29 is 19.4 Å². The van der Waals surface area contributed by atoms with Gasteiger partial charge in [0.15, 0.2) is 6.29 Å². The summed E-state index contributed by atoms with van der Waals surface area (Å²) in [6, 6.07) is 13.5. The minimum atomic E-state index is -0.574. The molecule has 0 radical (unpaired) electrons. The molecular formula is C23H27N3O4S. The molecule has 0 atom stereocenters. The maximum atomic E-state index is 12.7. The van der Waals surface area contributed by atoms with Gasteiger partial charge < -0.3 is 9.84 Å². The molecule has 7 nitrogen and oxygen atoms in total. The summed E-state index contributed by atoms with van der Waals surface area (Å²) in [5.41, 5.74) is 2.02. The van der Waals surface area contributed by atoms with Crippen molar-refractivity contribution in [3.8, 4) is 10.7 Å². The number of hydrogen-bond donors (Lipinski definition) is 1. The number of amides is 1. The second kappa shape index (κ2) is 11.3. The van der Waals surface area contributed by atoms with Gasteiger partial charge in [-0.3, -0.25) is 14.7 Å². The average Bonchev–Trinajstić information content (AvgIpc) is 3.24. The summed E-state index contributed by atoms with van der Waals surface area (Å²) >= 11 is 1.29. The number of carbonyl (C=O) groups is 2. The summed E-state index contributed by atoms with van der Waals surface area (Å²) in [5.74, 6) is 0. The largest absolute Gasteiger partial charge is 0.444 e. The van der Waals surface area contributed by atoms with Gasteiger partial charge in [-0.1, -0.05) is 36.4 Å². The lowest BCUT2D eigenvalue weighted by Crippen LogP contribution is -2.36. The van der Waals surface area contributed by atoms with Gasteiger partial charge >= 0.3 is 6.09 Å². The zero-order chi connectivity index (χ0) is 22.9. The second-order valence-electron chi connectivity index (χ2n) is 7.56. The number of ether oxygens (including phenoxy) is 1. The van der Waals surface area contributed by atoms with Gasteiger partial charge in [0.05, 0.1) is 17.1 Å². The minimum absolute atomic E-state index is 0.370. The molecule has 0 aliphatic rings. The Hall–Kier alpha value is -3.10. The molecule has 2 aromatic heterocycles. The number of pyridine rings is 1. The molecule has 0 bridgehead atoms. The lowest BCUT2D eigenvalue weighted by Gasteiger charge is -2.27. The summed E-state index contributed by atoms with van der Waals surface area (Å²) < 4.78 is 5.58. The summed E-state index contributed by atoms with van der Waals surface area (Å²) in [6.07, 6.45) is 3.66. The first kappa shape index (κ1) is 24.2. The number of aromatic nitrogens is 2. The standard InChI is InChI=1S/C22H23N3O3S.CH4O/c1-22(2,3)28-21(27)25(13-16-7-5-4-6-8-16)14-17-9-10-19(23-11-17)20-24-12-18(15-26)29-20;1-2/h4-12,15H,13-14H2,1-3H3;2H,1H3. The highest BCUT2D eigenvalue weighted by Crippen LogP contribution is 2.23. The van der Waals surface area contributed by atoms with Crippen molar-refractivity contribution in [1.29, 1.82) is 0 Å². The molecule has 0 saturated carbocycles. The number of aliphatic hydroxyl groups excluding tert-OH is 1. The van der Waals surface area contributed by atoms with Crippen molar-refractivity contribution in [2.24, 2.45) is 0 Å². The quantitative estimate of drug-likeness (QED) is 0.564. The number of rotatable bonds is 6. The van der Waals surface area contributed by atoms with Crippen LogP contribution in [0.4, 0.5) is 4.79 Å². The van der Waals surface area contributed by atoms with Gasteiger partial charge in [0.1, 0.15) is 10.6 Å². The van der Waals surface area contributed by atoms with Crippen molar-refractivity contribution >= 4 is 23.7 Å². The molecule has 3 aromatic rings. The Morgan fingerprint density at radius 1 is 1.03 bits per heavy atom. The van der Waals surface area contributed by atoms with Crippen LogP contribution in [-0.4, -0.2) is 45.1 Å². The third-order valence-electron chi connectivity index (χ3n) is 3.92. The van der Waals surface area contributed by atoms with Gasteiger partial charge in [-0.05, 0) is 38.0 Å². The van der Waals surface area contributed by atoms with Gasteiger partial charge in [0.2, 0.25) is 0 Å². The molecule has 0 unspecified atom stereocenters. The summed E-state index contributed by atoms with van der Waals surface area (Å²) in [6.45, 7) is 6.36. The van der Waals surface area contributed by atoms with Crippen LogP contribution in [0.1, 0.15) is 41.6 Å². The van der Waals surface area contributed by atoms with E-state index in [0.717, 1.165) is 24.5 Å². The smallest absolute Gasteiger partial charge is 0.410 e. The first-order valence-corrected chi connectivity index (χ1v) is 10.5. The van der Waals surface area contributed by atoms with Crippen LogP contribution in [0.5, 0.6) is 0 Å².